The van der Waals surface area contributed by atoms with Crippen LogP contribution in [0, 0.1) is 0 Å². The molecule has 1 unspecified atom stereocenters. The smallest absolute Gasteiger partial charge is 0.223 e. The van der Waals surface area contributed by atoms with Gasteiger partial charge in [-0.05, 0) is 37.0 Å². The molecule has 1 fully saturated rings. The zero-order valence-electron chi connectivity index (χ0n) is 12.2. The number of ether oxygens (including phenoxy) is 1. The molecule has 0 aliphatic carbocycles. The van der Waals surface area contributed by atoms with Gasteiger partial charge in [0, 0.05) is 13.0 Å². The van der Waals surface area contributed by atoms with Gasteiger partial charge in [-0.2, -0.15) is 0 Å². The van der Waals surface area contributed by atoms with Gasteiger partial charge in [-0.3, -0.25) is 4.79 Å². The molecule has 0 spiro atoms. The van der Waals surface area contributed by atoms with Crippen LogP contribution in [-0.2, 0) is 11.2 Å². The lowest BCUT2D eigenvalue weighted by Crippen LogP contribution is -2.43. The summed E-state index contributed by atoms with van der Waals surface area (Å²) in [7, 11) is 1.62. The molecule has 1 heterocycles. The van der Waals surface area contributed by atoms with Crippen molar-refractivity contribution >= 4 is 11.7 Å². The van der Waals surface area contributed by atoms with Crippen LogP contribution >= 0.6 is 0 Å². The molecule has 0 aromatic heterocycles. The average Bonchev–Trinajstić information content (AvgIpc) is 3.02. The number of methoxy groups -OCH3 is 1. The number of amides is 1. The fourth-order valence-corrected chi connectivity index (χ4v) is 2.63. The summed E-state index contributed by atoms with van der Waals surface area (Å²) in [6.07, 6.45) is 2.73. The Labute approximate surface area is 124 Å². The quantitative estimate of drug-likeness (QED) is 0.371. The first-order valence-corrected chi connectivity index (χ1v) is 7.05. The van der Waals surface area contributed by atoms with Gasteiger partial charge in [-0.25, -0.2) is 0 Å². The zero-order valence-corrected chi connectivity index (χ0v) is 12.2. The van der Waals surface area contributed by atoms with Crippen LogP contribution in [0.3, 0.4) is 0 Å². The van der Waals surface area contributed by atoms with E-state index in [2.05, 4.69) is 5.16 Å². The molecule has 2 rings (SSSR count). The van der Waals surface area contributed by atoms with E-state index in [1.54, 1.807) is 12.0 Å². The van der Waals surface area contributed by atoms with Crippen molar-refractivity contribution in [2.45, 2.75) is 31.7 Å². The van der Waals surface area contributed by atoms with Gasteiger partial charge in [0.15, 0.2) is 5.84 Å². The first kappa shape index (κ1) is 15.2. The molecule has 1 aromatic rings. The maximum absolute atomic E-state index is 12.3. The monoisotopic (exact) mass is 291 g/mol. The van der Waals surface area contributed by atoms with E-state index in [1.165, 1.54) is 0 Å². The van der Waals surface area contributed by atoms with Crippen LogP contribution in [0.1, 0.15) is 24.8 Å². The number of hydrogen-bond acceptors (Lipinski definition) is 4. The number of carbonyl (C=O) groups excluding carboxylic acids is 1. The molecular formula is C15H21N3O3. The second kappa shape index (κ2) is 6.97. The van der Waals surface area contributed by atoms with Crippen molar-refractivity contribution in [2.24, 2.45) is 10.9 Å². The molecule has 1 atom stereocenters. The van der Waals surface area contributed by atoms with Crippen molar-refractivity contribution in [3.63, 3.8) is 0 Å². The summed E-state index contributed by atoms with van der Waals surface area (Å²) in [5, 5.41) is 11.8. The van der Waals surface area contributed by atoms with E-state index in [0.29, 0.717) is 19.4 Å². The first-order chi connectivity index (χ1) is 10.2. The maximum Gasteiger partial charge on any atom is 0.223 e. The summed E-state index contributed by atoms with van der Waals surface area (Å²) in [5.41, 5.74) is 6.72. The van der Waals surface area contributed by atoms with Crippen molar-refractivity contribution in [3.05, 3.63) is 29.8 Å². The lowest BCUT2D eigenvalue weighted by molar-refractivity contribution is -0.130. The minimum absolute atomic E-state index is 0.0416. The number of benzene rings is 1. The van der Waals surface area contributed by atoms with Gasteiger partial charge in [0.2, 0.25) is 5.91 Å². The van der Waals surface area contributed by atoms with Crippen LogP contribution in [0.25, 0.3) is 0 Å². The Kier molecular flexibility index (Phi) is 5.03. The highest BCUT2D eigenvalue weighted by molar-refractivity contribution is 5.90. The molecule has 1 amide bonds. The lowest BCUT2D eigenvalue weighted by atomic mass is 10.1. The van der Waals surface area contributed by atoms with Crippen molar-refractivity contribution in [1.29, 1.82) is 0 Å². The minimum atomic E-state index is -0.265. The summed E-state index contributed by atoms with van der Waals surface area (Å²) >= 11 is 0. The van der Waals surface area contributed by atoms with E-state index >= 15 is 0 Å². The maximum atomic E-state index is 12.3. The van der Waals surface area contributed by atoms with Crippen LogP contribution in [0.5, 0.6) is 5.75 Å². The van der Waals surface area contributed by atoms with Crippen LogP contribution in [0.4, 0.5) is 0 Å². The summed E-state index contributed by atoms with van der Waals surface area (Å²) in [4.78, 5) is 14.0. The van der Waals surface area contributed by atoms with E-state index in [4.69, 9.17) is 15.7 Å². The predicted molar refractivity (Wildman–Crippen MR) is 79.5 cm³/mol. The number of likely N-dealkylation sites (tertiary alicyclic amines) is 1. The molecule has 0 saturated carbocycles. The van der Waals surface area contributed by atoms with Crippen LogP contribution in [0.2, 0.25) is 0 Å². The third kappa shape index (κ3) is 3.65. The van der Waals surface area contributed by atoms with Crippen LogP contribution < -0.4 is 10.5 Å². The fraction of sp³-hybridized carbons (Fsp3) is 0.467. The predicted octanol–water partition coefficient (Wildman–Crippen LogP) is 1.37. The molecule has 1 aliphatic rings. The Hall–Kier alpha value is -2.24. The van der Waals surface area contributed by atoms with Gasteiger partial charge in [0.1, 0.15) is 5.75 Å². The Morgan fingerprint density at radius 2 is 2.19 bits per heavy atom. The zero-order chi connectivity index (χ0) is 15.2. The molecule has 6 nitrogen and oxygen atoms in total. The number of oxime groups is 1. The Morgan fingerprint density at radius 3 is 2.81 bits per heavy atom. The molecular weight excluding hydrogens is 270 g/mol. The van der Waals surface area contributed by atoms with Gasteiger partial charge in [-0.15, -0.1) is 0 Å². The Bertz CT molecular complexity index is 513. The Morgan fingerprint density at radius 1 is 1.48 bits per heavy atom. The fourth-order valence-electron chi connectivity index (χ4n) is 2.63. The van der Waals surface area contributed by atoms with Gasteiger partial charge in [-0.1, -0.05) is 17.3 Å². The van der Waals surface area contributed by atoms with Crippen molar-refractivity contribution < 1.29 is 14.7 Å². The van der Waals surface area contributed by atoms with E-state index in [9.17, 15) is 4.79 Å². The van der Waals surface area contributed by atoms with E-state index in [1.807, 2.05) is 24.3 Å². The Balaban J connectivity index is 1.91. The van der Waals surface area contributed by atoms with Crippen LogP contribution in [0.15, 0.2) is 29.4 Å². The summed E-state index contributed by atoms with van der Waals surface area (Å²) in [6.45, 7) is 0.669. The number of rotatable bonds is 5. The number of nitrogens with two attached hydrogens (primary N) is 1. The van der Waals surface area contributed by atoms with Gasteiger partial charge < -0.3 is 20.6 Å². The van der Waals surface area contributed by atoms with Crippen LogP contribution in [-0.4, -0.2) is 41.5 Å². The van der Waals surface area contributed by atoms with Gasteiger partial charge in [0.05, 0.1) is 13.2 Å². The molecule has 0 bridgehead atoms. The van der Waals surface area contributed by atoms with Crippen molar-refractivity contribution in [3.8, 4) is 5.75 Å². The average molecular weight is 291 g/mol. The third-order valence-corrected chi connectivity index (χ3v) is 3.82. The SMILES string of the molecule is COc1ccc(CCC(=O)N2CCCC2C(N)=NO)cc1. The largest absolute Gasteiger partial charge is 0.497 e. The highest BCUT2D eigenvalue weighted by Gasteiger charge is 2.31. The highest BCUT2D eigenvalue weighted by atomic mass is 16.5. The number of nitrogens with zero attached hydrogens (tertiary/aromatic N) is 2. The van der Waals surface area contributed by atoms with Gasteiger partial charge in [0.25, 0.3) is 0 Å². The third-order valence-electron chi connectivity index (χ3n) is 3.82. The standard InChI is InChI=1S/C15H21N3O3/c1-21-12-7-4-11(5-8-12)6-9-14(19)18-10-2-3-13(18)15(16)17-20/h4-5,7-8,13,20H,2-3,6,9-10H2,1H3,(H2,16,17). The topological polar surface area (TPSA) is 88.2 Å². The lowest BCUT2D eigenvalue weighted by Gasteiger charge is -2.23. The molecule has 3 N–H and O–H groups in total. The number of carbonyl (C=O) groups is 1. The number of amidine groups is 1. The number of aryl methyl sites for hydroxylation is 1. The highest BCUT2D eigenvalue weighted by Crippen LogP contribution is 2.19. The molecule has 1 aromatic carbocycles. The molecule has 0 radical (unpaired) electrons. The van der Waals surface area contributed by atoms with Crippen molar-refractivity contribution in [1.82, 2.24) is 4.90 Å². The second-order valence-electron chi connectivity index (χ2n) is 5.12. The second-order valence-corrected chi connectivity index (χ2v) is 5.12. The molecule has 114 valence electrons. The van der Waals surface area contributed by atoms with Crippen molar-refractivity contribution in [2.75, 3.05) is 13.7 Å². The molecule has 1 aliphatic heterocycles. The minimum Gasteiger partial charge on any atom is -0.497 e. The van der Waals surface area contributed by atoms with Gasteiger partial charge >= 0.3 is 0 Å². The summed E-state index contributed by atoms with van der Waals surface area (Å²) < 4.78 is 5.10. The first-order valence-electron chi connectivity index (χ1n) is 7.05. The summed E-state index contributed by atoms with van der Waals surface area (Å²) in [5.74, 6) is 0.960. The van der Waals surface area contributed by atoms with E-state index in [0.717, 1.165) is 24.2 Å². The molecule has 21 heavy (non-hydrogen) atoms. The normalized spacial score (nSPS) is 18.8. The summed E-state index contributed by atoms with van der Waals surface area (Å²) in [6, 6.07) is 7.41. The number of hydrogen-bond donors (Lipinski definition) is 2. The van der Waals surface area contributed by atoms with E-state index in [-0.39, 0.29) is 17.8 Å². The molecule has 1 saturated heterocycles. The van der Waals surface area contributed by atoms with E-state index < -0.39 is 0 Å². The molecule has 6 heteroatoms.